The lowest BCUT2D eigenvalue weighted by atomic mass is 10.0. The topological polar surface area (TPSA) is 32.3 Å². The van der Waals surface area contributed by atoms with Gasteiger partial charge in [-0.1, -0.05) is 25.1 Å². The molecular weight excluding hydrogens is 212 g/mol. The predicted molar refractivity (Wildman–Crippen MR) is 71.3 cm³/mol. The fourth-order valence-electron chi connectivity index (χ4n) is 1.74. The van der Waals surface area contributed by atoms with Crippen LogP contribution in [0.3, 0.4) is 0 Å². The zero-order valence-corrected chi connectivity index (χ0v) is 11.0. The molecule has 94 valence electrons. The third-order valence-electron chi connectivity index (χ3n) is 2.71. The first kappa shape index (κ1) is 13.7. The van der Waals surface area contributed by atoms with Gasteiger partial charge in [0.25, 0.3) is 5.91 Å². The first-order valence-corrected chi connectivity index (χ1v) is 6.16. The standard InChI is InChI=1S/C14H22N2O/c1-4-12-8-5-6-9-13(12)14(17)15-10-7-11-16(2)3/h5-6,8-9H,4,7,10-11H2,1-3H3,(H,15,17). The maximum absolute atomic E-state index is 11.9. The molecule has 0 radical (unpaired) electrons. The summed E-state index contributed by atoms with van der Waals surface area (Å²) in [5, 5.41) is 2.96. The number of nitrogens with zero attached hydrogens (tertiary/aromatic N) is 1. The van der Waals surface area contributed by atoms with Crippen LogP contribution in [0.1, 0.15) is 29.3 Å². The third-order valence-corrected chi connectivity index (χ3v) is 2.71. The van der Waals surface area contributed by atoms with Gasteiger partial charge in [0, 0.05) is 12.1 Å². The Kier molecular flexibility index (Phi) is 5.70. The maximum atomic E-state index is 11.9. The van der Waals surface area contributed by atoms with Crippen molar-refractivity contribution in [3.05, 3.63) is 35.4 Å². The molecule has 0 saturated carbocycles. The largest absolute Gasteiger partial charge is 0.352 e. The van der Waals surface area contributed by atoms with Crippen LogP contribution in [0, 0.1) is 0 Å². The molecule has 0 aliphatic heterocycles. The maximum Gasteiger partial charge on any atom is 0.251 e. The first-order chi connectivity index (χ1) is 8.15. The predicted octanol–water partition coefficient (Wildman–Crippen LogP) is 1.93. The second-order valence-electron chi connectivity index (χ2n) is 4.42. The Balaban J connectivity index is 2.47. The van der Waals surface area contributed by atoms with E-state index in [0.717, 1.165) is 37.1 Å². The highest BCUT2D eigenvalue weighted by Gasteiger charge is 2.08. The fourth-order valence-corrected chi connectivity index (χ4v) is 1.74. The number of aryl methyl sites for hydroxylation is 1. The van der Waals surface area contributed by atoms with Crippen molar-refractivity contribution in [1.29, 1.82) is 0 Å². The summed E-state index contributed by atoms with van der Waals surface area (Å²) in [6.07, 6.45) is 1.87. The molecular formula is C14H22N2O. The number of hydrogen-bond donors (Lipinski definition) is 1. The molecule has 3 nitrogen and oxygen atoms in total. The second-order valence-corrected chi connectivity index (χ2v) is 4.42. The summed E-state index contributed by atoms with van der Waals surface area (Å²) < 4.78 is 0. The van der Waals surface area contributed by atoms with Gasteiger partial charge in [0.15, 0.2) is 0 Å². The molecule has 0 bridgehead atoms. The molecule has 0 aliphatic rings. The minimum absolute atomic E-state index is 0.0428. The van der Waals surface area contributed by atoms with Gasteiger partial charge in [0.05, 0.1) is 0 Å². The summed E-state index contributed by atoms with van der Waals surface area (Å²) >= 11 is 0. The van der Waals surface area contributed by atoms with E-state index >= 15 is 0 Å². The molecule has 3 heteroatoms. The molecule has 1 rings (SSSR count). The monoisotopic (exact) mass is 234 g/mol. The zero-order valence-electron chi connectivity index (χ0n) is 11.0. The van der Waals surface area contributed by atoms with Gasteiger partial charge in [0.1, 0.15) is 0 Å². The number of amides is 1. The van der Waals surface area contributed by atoms with E-state index in [1.54, 1.807) is 0 Å². The van der Waals surface area contributed by atoms with Crippen molar-refractivity contribution in [1.82, 2.24) is 10.2 Å². The van der Waals surface area contributed by atoms with Gasteiger partial charge < -0.3 is 10.2 Å². The minimum Gasteiger partial charge on any atom is -0.352 e. The molecule has 0 saturated heterocycles. The van der Waals surface area contributed by atoms with Crippen molar-refractivity contribution in [3.8, 4) is 0 Å². The Morgan fingerprint density at radius 1 is 1.29 bits per heavy atom. The SMILES string of the molecule is CCc1ccccc1C(=O)NCCCN(C)C. The van der Waals surface area contributed by atoms with Gasteiger partial charge in [-0.25, -0.2) is 0 Å². The van der Waals surface area contributed by atoms with E-state index in [9.17, 15) is 4.79 Å². The van der Waals surface area contributed by atoms with E-state index < -0.39 is 0 Å². The van der Waals surface area contributed by atoms with Crippen LogP contribution in [0.4, 0.5) is 0 Å². The Labute approximate surface area is 104 Å². The van der Waals surface area contributed by atoms with Crippen LogP contribution in [0.2, 0.25) is 0 Å². The number of benzene rings is 1. The number of hydrogen-bond acceptors (Lipinski definition) is 2. The van der Waals surface area contributed by atoms with Gasteiger partial charge in [-0.15, -0.1) is 0 Å². The Morgan fingerprint density at radius 3 is 2.65 bits per heavy atom. The molecule has 0 spiro atoms. The molecule has 0 atom stereocenters. The summed E-state index contributed by atoms with van der Waals surface area (Å²) in [5.74, 6) is 0.0428. The Morgan fingerprint density at radius 2 is 2.00 bits per heavy atom. The summed E-state index contributed by atoms with van der Waals surface area (Å²) in [4.78, 5) is 14.1. The number of carbonyl (C=O) groups is 1. The lowest BCUT2D eigenvalue weighted by Crippen LogP contribution is -2.27. The summed E-state index contributed by atoms with van der Waals surface area (Å²) in [5.41, 5.74) is 1.91. The van der Waals surface area contributed by atoms with Crippen LogP contribution in [0.25, 0.3) is 0 Å². The average molecular weight is 234 g/mol. The quantitative estimate of drug-likeness (QED) is 0.763. The highest BCUT2D eigenvalue weighted by Crippen LogP contribution is 2.08. The van der Waals surface area contributed by atoms with Crippen molar-refractivity contribution in [2.45, 2.75) is 19.8 Å². The minimum atomic E-state index is 0.0428. The van der Waals surface area contributed by atoms with E-state index in [4.69, 9.17) is 0 Å². The molecule has 0 fully saturated rings. The Bertz CT molecular complexity index is 361. The number of rotatable bonds is 6. The van der Waals surface area contributed by atoms with Gasteiger partial charge in [-0.05, 0) is 45.1 Å². The molecule has 1 aromatic carbocycles. The highest BCUT2D eigenvalue weighted by molar-refractivity contribution is 5.95. The van der Waals surface area contributed by atoms with Crippen molar-refractivity contribution in [2.75, 3.05) is 27.2 Å². The van der Waals surface area contributed by atoms with Crippen molar-refractivity contribution < 1.29 is 4.79 Å². The highest BCUT2D eigenvalue weighted by atomic mass is 16.1. The van der Waals surface area contributed by atoms with Crippen LogP contribution in [0.15, 0.2) is 24.3 Å². The van der Waals surface area contributed by atoms with E-state index in [-0.39, 0.29) is 5.91 Å². The van der Waals surface area contributed by atoms with Crippen molar-refractivity contribution >= 4 is 5.91 Å². The van der Waals surface area contributed by atoms with Crippen molar-refractivity contribution in [2.24, 2.45) is 0 Å². The molecule has 17 heavy (non-hydrogen) atoms. The van der Waals surface area contributed by atoms with E-state index in [1.165, 1.54) is 0 Å². The second kappa shape index (κ2) is 7.07. The molecule has 0 aliphatic carbocycles. The van der Waals surface area contributed by atoms with E-state index in [1.807, 2.05) is 38.4 Å². The molecule has 0 heterocycles. The lowest BCUT2D eigenvalue weighted by Gasteiger charge is -2.11. The third kappa shape index (κ3) is 4.57. The molecule has 1 amide bonds. The molecule has 0 aromatic heterocycles. The van der Waals surface area contributed by atoms with Crippen LogP contribution >= 0.6 is 0 Å². The summed E-state index contributed by atoms with van der Waals surface area (Å²) in [6, 6.07) is 7.78. The van der Waals surface area contributed by atoms with Crippen LogP contribution < -0.4 is 5.32 Å². The number of nitrogens with one attached hydrogen (secondary N) is 1. The van der Waals surface area contributed by atoms with E-state index in [2.05, 4.69) is 17.1 Å². The lowest BCUT2D eigenvalue weighted by molar-refractivity contribution is 0.0951. The first-order valence-electron chi connectivity index (χ1n) is 6.16. The molecule has 1 aromatic rings. The fraction of sp³-hybridized carbons (Fsp3) is 0.500. The zero-order chi connectivity index (χ0) is 12.7. The van der Waals surface area contributed by atoms with Gasteiger partial charge in [-0.3, -0.25) is 4.79 Å². The average Bonchev–Trinajstić information content (AvgIpc) is 2.34. The summed E-state index contributed by atoms with van der Waals surface area (Å²) in [6.45, 7) is 3.79. The van der Waals surface area contributed by atoms with Gasteiger partial charge in [0.2, 0.25) is 0 Å². The normalized spacial score (nSPS) is 10.6. The van der Waals surface area contributed by atoms with Gasteiger partial charge >= 0.3 is 0 Å². The molecule has 1 N–H and O–H groups in total. The number of carbonyl (C=O) groups excluding carboxylic acids is 1. The summed E-state index contributed by atoms with van der Waals surface area (Å²) in [7, 11) is 4.07. The molecule has 0 unspecified atom stereocenters. The smallest absolute Gasteiger partial charge is 0.251 e. The van der Waals surface area contributed by atoms with Crippen LogP contribution in [-0.2, 0) is 6.42 Å². The van der Waals surface area contributed by atoms with Crippen LogP contribution in [0.5, 0.6) is 0 Å². The van der Waals surface area contributed by atoms with Gasteiger partial charge in [-0.2, -0.15) is 0 Å². The van der Waals surface area contributed by atoms with E-state index in [0.29, 0.717) is 0 Å². The van der Waals surface area contributed by atoms with Crippen LogP contribution in [-0.4, -0.2) is 38.0 Å². The van der Waals surface area contributed by atoms with Crippen molar-refractivity contribution in [3.63, 3.8) is 0 Å². The Hall–Kier alpha value is -1.35.